The first-order chi connectivity index (χ1) is 16.4. The summed E-state index contributed by atoms with van der Waals surface area (Å²) < 4.78 is 13.9. The van der Waals surface area contributed by atoms with Crippen LogP contribution in [0.2, 0.25) is 5.02 Å². The molecule has 34 heavy (non-hydrogen) atoms. The van der Waals surface area contributed by atoms with E-state index in [1.165, 1.54) is 11.1 Å². The van der Waals surface area contributed by atoms with E-state index in [1.807, 2.05) is 39.0 Å². The average Bonchev–Trinajstić information content (AvgIpc) is 2.81. The summed E-state index contributed by atoms with van der Waals surface area (Å²) in [5, 5.41) is 5.57. The molecule has 0 N–H and O–H groups in total. The van der Waals surface area contributed by atoms with E-state index in [1.54, 1.807) is 18.3 Å². The minimum atomic E-state index is -0.181. The van der Waals surface area contributed by atoms with Crippen molar-refractivity contribution in [1.82, 2.24) is 9.66 Å². The summed E-state index contributed by atoms with van der Waals surface area (Å²) in [7, 11) is 0. The first kappa shape index (κ1) is 24.7. The van der Waals surface area contributed by atoms with Crippen LogP contribution in [0.1, 0.15) is 70.2 Å². The minimum absolute atomic E-state index is 0.0455. The van der Waals surface area contributed by atoms with Gasteiger partial charge in [-0.1, -0.05) is 46.8 Å². The maximum atomic E-state index is 13.5. The van der Waals surface area contributed by atoms with Crippen molar-refractivity contribution in [3.05, 3.63) is 61.6 Å². The van der Waals surface area contributed by atoms with Crippen molar-refractivity contribution in [3.63, 3.8) is 0 Å². The van der Waals surface area contributed by atoms with Gasteiger partial charge in [-0.15, -0.1) is 0 Å². The number of hydrogen-bond donors (Lipinski definition) is 0. The number of aromatic nitrogens is 2. The SMILES string of the molecule is CCOc1cc(C=Nn2c(C3CCCCC3)nc3ccc(Br)cc3c2=O)cc(Cl)c1OC(C)C. The molecule has 0 unspecified atom stereocenters. The van der Waals surface area contributed by atoms with E-state index in [9.17, 15) is 4.79 Å². The van der Waals surface area contributed by atoms with Crippen molar-refractivity contribution in [2.24, 2.45) is 5.10 Å². The van der Waals surface area contributed by atoms with Crippen molar-refractivity contribution < 1.29 is 9.47 Å². The molecule has 1 aromatic heterocycles. The first-order valence-corrected chi connectivity index (χ1v) is 12.9. The second-order valence-electron chi connectivity index (χ2n) is 8.76. The summed E-state index contributed by atoms with van der Waals surface area (Å²) in [6.45, 7) is 6.25. The Morgan fingerprint density at radius 2 is 2.00 bits per heavy atom. The lowest BCUT2D eigenvalue weighted by molar-refractivity contribution is 0.224. The number of nitrogens with zero attached hydrogens (tertiary/aromatic N) is 3. The van der Waals surface area contributed by atoms with Gasteiger partial charge >= 0.3 is 0 Å². The average molecular weight is 547 g/mol. The van der Waals surface area contributed by atoms with Crippen LogP contribution >= 0.6 is 27.5 Å². The van der Waals surface area contributed by atoms with Crippen molar-refractivity contribution in [1.29, 1.82) is 0 Å². The number of hydrogen-bond acceptors (Lipinski definition) is 5. The molecule has 3 aromatic rings. The molecule has 4 rings (SSSR count). The highest BCUT2D eigenvalue weighted by Crippen LogP contribution is 2.37. The molecule has 0 radical (unpaired) electrons. The van der Waals surface area contributed by atoms with Crippen LogP contribution in [0.25, 0.3) is 10.9 Å². The lowest BCUT2D eigenvalue weighted by atomic mass is 9.88. The van der Waals surface area contributed by atoms with Crippen LogP contribution in [0.5, 0.6) is 11.5 Å². The maximum Gasteiger partial charge on any atom is 0.282 e. The van der Waals surface area contributed by atoms with E-state index in [-0.39, 0.29) is 17.6 Å². The number of halogens is 2. The molecule has 0 aliphatic heterocycles. The molecule has 0 bridgehead atoms. The van der Waals surface area contributed by atoms with Gasteiger partial charge in [0, 0.05) is 10.4 Å². The highest BCUT2D eigenvalue weighted by molar-refractivity contribution is 9.10. The zero-order valence-corrected chi connectivity index (χ0v) is 22.0. The van der Waals surface area contributed by atoms with Gasteiger partial charge in [0.2, 0.25) is 0 Å². The van der Waals surface area contributed by atoms with Crippen LogP contribution < -0.4 is 15.0 Å². The molecule has 0 amide bonds. The van der Waals surface area contributed by atoms with E-state index in [4.69, 9.17) is 26.1 Å². The predicted molar refractivity (Wildman–Crippen MR) is 141 cm³/mol. The molecule has 1 fully saturated rings. The fourth-order valence-corrected chi connectivity index (χ4v) is 4.93. The second-order valence-corrected chi connectivity index (χ2v) is 10.1. The summed E-state index contributed by atoms with van der Waals surface area (Å²) in [6.07, 6.45) is 7.08. The van der Waals surface area contributed by atoms with Gasteiger partial charge in [-0.25, -0.2) is 4.98 Å². The normalized spacial score (nSPS) is 14.9. The Hall–Kier alpha value is -2.38. The first-order valence-electron chi connectivity index (χ1n) is 11.8. The smallest absolute Gasteiger partial charge is 0.282 e. The molecule has 8 heteroatoms. The fourth-order valence-electron chi connectivity index (χ4n) is 4.30. The molecule has 180 valence electrons. The number of ether oxygens (including phenoxy) is 2. The molecule has 1 aliphatic carbocycles. The minimum Gasteiger partial charge on any atom is -0.490 e. The molecular formula is C26H29BrClN3O3. The third kappa shape index (κ3) is 5.47. The molecule has 1 heterocycles. The van der Waals surface area contributed by atoms with Gasteiger partial charge < -0.3 is 9.47 Å². The second kappa shape index (κ2) is 10.9. The molecule has 6 nitrogen and oxygen atoms in total. The van der Waals surface area contributed by atoms with Gasteiger partial charge in [-0.05, 0) is 69.5 Å². The van der Waals surface area contributed by atoms with Gasteiger partial charge in [0.05, 0.1) is 34.9 Å². The third-order valence-corrected chi connectivity index (χ3v) is 6.59. The summed E-state index contributed by atoms with van der Waals surface area (Å²) in [4.78, 5) is 18.4. The van der Waals surface area contributed by atoms with E-state index in [2.05, 4.69) is 21.0 Å². The molecule has 1 saturated carbocycles. The molecule has 2 aromatic carbocycles. The van der Waals surface area contributed by atoms with Crippen LogP contribution in [-0.4, -0.2) is 28.6 Å². The van der Waals surface area contributed by atoms with Crippen LogP contribution in [0.3, 0.4) is 0 Å². The van der Waals surface area contributed by atoms with Gasteiger partial charge in [0.1, 0.15) is 5.82 Å². The zero-order valence-electron chi connectivity index (χ0n) is 19.7. The van der Waals surface area contributed by atoms with Gasteiger partial charge in [-0.3, -0.25) is 4.79 Å². The Balaban J connectivity index is 1.81. The quantitative estimate of drug-likeness (QED) is 0.301. The molecule has 0 atom stereocenters. The van der Waals surface area contributed by atoms with E-state index in [0.717, 1.165) is 30.2 Å². The van der Waals surface area contributed by atoms with E-state index >= 15 is 0 Å². The topological polar surface area (TPSA) is 65.7 Å². The van der Waals surface area contributed by atoms with Gasteiger partial charge in [-0.2, -0.15) is 9.78 Å². The third-order valence-electron chi connectivity index (χ3n) is 5.81. The van der Waals surface area contributed by atoms with Crippen LogP contribution in [-0.2, 0) is 0 Å². The summed E-state index contributed by atoms with van der Waals surface area (Å²) >= 11 is 9.98. The highest BCUT2D eigenvalue weighted by Gasteiger charge is 2.22. The van der Waals surface area contributed by atoms with Crippen molar-refractivity contribution in [2.45, 2.75) is 64.9 Å². The van der Waals surface area contributed by atoms with Crippen LogP contribution in [0.15, 0.2) is 44.7 Å². The lowest BCUT2D eigenvalue weighted by Gasteiger charge is -2.22. The van der Waals surface area contributed by atoms with Crippen molar-refractivity contribution >= 4 is 44.6 Å². The summed E-state index contributed by atoms with van der Waals surface area (Å²) in [5.41, 5.74) is 1.22. The molecular weight excluding hydrogens is 518 g/mol. The monoisotopic (exact) mass is 545 g/mol. The highest BCUT2D eigenvalue weighted by atomic mass is 79.9. The molecule has 1 aliphatic rings. The van der Waals surface area contributed by atoms with Gasteiger partial charge in [0.15, 0.2) is 11.5 Å². The maximum absolute atomic E-state index is 13.5. The van der Waals surface area contributed by atoms with E-state index in [0.29, 0.717) is 45.4 Å². The van der Waals surface area contributed by atoms with Crippen LogP contribution in [0.4, 0.5) is 0 Å². The van der Waals surface area contributed by atoms with Crippen molar-refractivity contribution in [2.75, 3.05) is 6.61 Å². The van der Waals surface area contributed by atoms with Crippen LogP contribution in [0, 0.1) is 0 Å². The Morgan fingerprint density at radius 3 is 2.71 bits per heavy atom. The summed E-state index contributed by atoms with van der Waals surface area (Å²) in [6, 6.07) is 9.17. The number of rotatable bonds is 7. The zero-order chi connectivity index (χ0) is 24.2. The summed E-state index contributed by atoms with van der Waals surface area (Å²) in [5.74, 6) is 1.97. The Morgan fingerprint density at radius 1 is 1.24 bits per heavy atom. The Bertz CT molecular complexity index is 1270. The molecule has 0 spiro atoms. The Kier molecular flexibility index (Phi) is 7.94. The standard InChI is InChI=1S/C26H29BrClN3O3/c1-4-33-23-13-17(12-21(28)24(23)34-16(2)3)15-29-31-25(18-8-6-5-7-9-18)30-22-11-10-19(27)14-20(22)26(31)32/h10-16,18H,4-9H2,1-3H3. The van der Waals surface area contributed by atoms with E-state index < -0.39 is 0 Å². The predicted octanol–water partition coefficient (Wildman–Crippen LogP) is 6.93. The molecule has 0 saturated heterocycles. The number of benzene rings is 2. The van der Waals surface area contributed by atoms with Crippen molar-refractivity contribution in [3.8, 4) is 11.5 Å². The number of fused-ring (bicyclic) bond motifs is 1. The lowest BCUT2D eigenvalue weighted by Crippen LogP contribution is -2.25. The Labute approximate surface area is 213 Å². The fraction of sp³-hybridized carbons (Fsp3) is 0.423. The van der Waals surface area contributed by atoms with Gasteiger partial charge in [0.25, 0.3) is 5.56 Å². The largest absolute Gasteiger partial charge is 0.490 e.